The van der Waals surface area contributed by atoms with Crippen molar-refractivity contribution in [2.75, 3.05) is 57.2 Å². The van der Waals surface area contributed by atoms with Crippen molar-refractivity contribution < 1.29 is 19.0 Å². The Balaban J connectivity index is 1.21. The maximum absolute atomic E-state index is 12.1. The van der Waals surface area contributed by atoms with Crippen molar-refractivity contribution in [1.82, 2.24) is 19.9 Å². The summed E-state index contributed by atoms with van der Waals surface area (Å²) in [5, 5.41) is 6.90. The third kappa shape index (κ3) is 7.31. The summed E-state index contributed by atoms with van der Waals surface area (Å²) in [5.41, 5.74) is 2.48. The van der Waals surface area contributed by atoms with Crippen LogP contribution in [-0.4, -0.2) is 72.3 Å². The smallest absolute Gasteiger partial charge is 0.249 e. The predicted octanol–water partition coefficient (Wildman–Crippen LogP) is 4.53. The van der Waals surface area contributed by atoms with Gasteiger partial charge in [0.2, 0.25) is 5.91 Å². The number of pyridine rings is 1. The van der Waals surface area contributed by atoms with Crippen LogP contribution in [0.2, 0.25) is 0 Å². The minimum absolute atomic E-state index is 0.247. The number of carbonyl (C=O) groups is 1. The standard InChI is InChI=1S/C30H32N6O4/c1-38-26-19-24-25(20-27(26)40-16-4-13-36-14-17-39-18-15-36)32-21-33-30(24)34-23-9-6-22(7-10-23)8-11-29(37)35-28-5-2-3-12-31-28/h2-3,5-12,19-21H,4,13-18H2,1H3,(H,31,35,37)(H,32,33,34)/b11-8+. The van der Waals surface area contributed by atoms with Gasteiger partial charge in [0.15, 0.2) is 11.5 Å². The summed E-state index contributed by atoms with van der Waals surface area (Å²) >= 11 is 0. The molecule has 40 heavy (non-hydrogen) atoms. The Hall–Kier alpha value is -4.54. The van der Waals surface area contributed by atoms with Crippen molar-refractivity contribution in [3.63, 3.8) is 0 Å². The van der Waals surface area contributed by atoms with Crippen LogP contribution in [0.1, 0.15) is 12.0 Å². The van der Waals surface area contributed by atoms with Crippen LogP contribution in [0.5, 0.6) is 11.5 Å². The number of anilines is 3. The molecule has 1 saturated heterocycles. The molecule has 10 heteroatoms. The Morgan fingerprint density at radius 2 is 1.90 bits per heavy atom. The van der Waals surface area contributed by atoms with Gasteiger partial charge in [0.05, 0.1) is 32.4 Å². The zero-order valence-electron chi connectivity index (χ0n) is 22.4. The molecule has 3 heterocycles. The van der Waals surface area contributed by atoms with Crippen molar-refractivity contribution in [3.05, 3.63) is 78.8 Å². The summed E-state index contributed by atoms with van der Waals surface area (Å²) in [6, 6.07) is 16.8. The van der Waals surface area contributed by atoms with E-state index >= 15 is 0 Å². The van der Waals surface area contributed by atoms with Crippen LogP contribution in [0.15, 0.2) is 73.2 Å². The number of ether oxygens (including phenoxy) is 3. The number of amides is 1. The molecule has 206 valence electrons. The number of benzene rings is 2. The summed E-state index contributed by atoms with van der Waals surface area (Å²) in [6.45, 7) is 5.08. The Morgan fingerprint density at radius 3 is 2.67 bits per heavy atom. The van der Waals surface area contributed by atoms with Crippen LogP contribution in [0, 0.1) is 0 Å². The number of morpholine rings is 1. The molecule has 1 fully saturated rings. The summed E-state index contributed by atoms with van der Waals surface area (Å²) in [7, 11) is 1.63. The number of carbonyl (C=O) groups excluding carboxylic acids is 1. The quantitative estimate of drug-likeness (QED) is 0.209. The van der Waals surface area contributed by atoms with Gasteiger partial charge in [0.1, 0.15) is 18.0 Å². The van der Waals surface area contributed by atoms with Crippen molar-refractivity contribution in [2.45, 2.75) is 6.42 Å². The molecule has 10 nitrogen and oxygen atoms in total. The van der Waals surface area contributed by atoms with E-state index in [-0.39, 0.29) is 5.91 Å². The molecule has 1 aliphatic rings. The lowest BCUT2D eigenvalue weighted by atomic mass is 10.1. The summed E-state index contributed by atoms with van der Waals surface area (Å²) < 4.78 is 17.1. The maximum atomic E-state index is 12.1. The van der Waals surface area contributed by atoms with Crippen molar-refractivity contribution in [3.8, 4) is 11.5 Å². The van der Waals surface area contributed by atoms with E-state index < -0.39 is 0 Å². The summed E-state index contributed by atoms with van der Waals surface area (Å²) in [6.07, 6.45) is 7.29. The molecule has 0 radical (unpaired) electrons. The van der Waals surface area contributed by atoms with Crippen LogP contribution in [-0.2, 0) is 9.53 Å². The van der Waals surface area contributed by atoms with E-state index in [0.29, 0.717) is 29.7 Å². The number of methoxy groups -OCH3 is 1. The topological polar surface area (TPSA) is 111 Å². The third-order valence-corrected chi connectivity index (χ3v) is 6.42. The first kappa shape index (κ1) is 27.0. The van der Waals surface area contributed by atoms with Crippen LogP contribution in [0.3, 0.4) is 0 Å². The Labute approximate surface area is 233 Å². The molecule has 2 aromatic heterocycles. The van der Waals surface area contributed by atoms with Gasteiger partial charge in [-0.25, -0.2) is 15.0 Å². The minimum atomic E-state index is -0.247. The average molecular weight is 541 g/mol. The number of hydrogen-bond donors (Lipinski definition) is 2. The Morgan fingerprint density at radius 1 is 1.05 bits per heavy atom. The number of fused-ring (bicyclic) bond motifs is 1. The highest BCUT2D eigenvalue weighted by Gasteiger charge is 2.13. The molecule has 2 N–H and O–H groups in total. The van der Waals surface area contributed by atoms with Crippen molar-refractivity contribution in [1.29, 1.82) is 0 Å². The predicted molar refractivity (Wildman–Crippen MR) is 155 cm³/mol. The van der Waals surface area contributed by atoms with Gasteiger partial charge in [-0.3, -0.25) is 9.69 Å². The van der Waals surface area contributed by atoms with Gasteiger partial charge in [-0.15, -0.1) is 0 Å². The maximum Gasteiger partial charge on any atom is 0.249 e. The fourth-order valence-corrected chi connectivity index (χ4v) is 4.32. The van der Waals surface area contributed by atoms with Gasteiger partial charge in [-0.2, -0.15) is 0 Å². The molecule has 0 atom stereocenters. The Kier molecular flexibility index (Phi) is 9.13. The zero-order valence-corrected chi connectivity index (χ0v) is 22.4. The fourth-order valence-electron chi connectivity index (χ4n) is 4.32. The van der Waals surface area contributed by atoms with Crippen molar-refractivity contribution in [2.24, 2.45) is 0 Å². The molecule has 1 amide bonds. The van der Waals surface area contributed by atoms with Gasteiger partial charge in [-0.1, -0.05) is 18.2 Å². The van der Waals surface area contributed by atoms with Gasteiger partial charge in [-0.05, 0) is 48.4 Å². The van der Waals surface area contributed by atoms with Crippen molar-refractivity contribution >= 4 is 40.2 Å². The van der Waals surface area contributed by atoms with E-state index in [9.17, 15) is 4.79 Å². The average Bonchev–Trinajstić information content (AvgIpc) is 3.00. The van der Waals surface area contributed by atoms with Crippen LogP contribution in [0.4, 0.5) is 17.3 Å². The normalized spacial score (nSPS) is 13.8. The minimum Gasteiger partial charge on any atom is -0.493 e. The molecule has 4 aromatic rings. The third-order valence-electron chi connectivity index (χ3n) is 6.42. The van der Waals surface area contributed by atoms with E-state index in [0.717, 1.165) is 61.4 Å². The number of hydrogen-bond acceptors (Lipinski definition) is 9. The zero-order chi connectivity index (χ0) is 27.6. The molecule has 2 aromatic carbocycles. The molecule has 0 bridgehead atoms. The second kappa shape index (κ2) is 13.5. The van der Waals surface area contributed by atoms with Gasteiger partial charge in [0, 0.05) is 49.0 Å². The van der Waals surface area contributed by atoms with Crippen LogP contribution >= 0.6 is 0 Å². The molecule has 0 spiro atoms. The molecular weight excluding hydrogens is 508 g/mol. The number of rotatable bonds is 11. The first-order chi connectivity index (χ1) is 19.7. The van der Waals surface area contributed by atoms with Crippen LogP contribution < -0.4 is 20.1 Å². The second-order valence-corrected chi connectivity index (χ2v) is 9.18. The largest absolute Gasteiger partial charge is 0.493 e. The van der Waals surface area contributed by atoms with Gasteiger partial charge < -0.3 is 24.8 Å². The van der Waals surface area contributed by atoms with Gasteiger partial charge in [0.25, 0.3) is 0 Å². The second-order valence-electron chi connectivity index (χ2n) is 9.18. The molecule has 0 unspecified atom stereocenters. The van der Waals surface area contributed by atoms with Gasteiger partial charge >= 0.3 is 0 Å². The molecule has 1 aliphatic heterocycles. The number of nitrogens with zero attached hydrogens (tertiary/aromatic N) is 4. The highest BCUT2D eigenvalue weighted by Crippen LogP contribution is 2.34. The lowest BCUT2D eigenvalue weighted by molar-refractivity contribution is -0.111. The lowest BCUT2D eigenvalue weighted by Gasteiger charge is -2.26. The highest BCUT2D eigenvalue weighted by atomic mass is 16.5. The fraction of sp³-hybridized carbons (Fsp3) is 0.267. The summed E-state index contributed by atoms with van der Waals surface area (Å²) in [5.74, 6) is 2.20. The SMILES string of the molecule is COc1cc2c(Nc3ccc(/C=C/C(=O)Nc4ccccn4)cc3)ncnc2cc1OCCCN1CCOCC1. The molecular formula is C30H32N6O4. The lowest BCUT2D eigenvalue weighted by Crippen LogP contribution is -2.37. The molecule has 0 saturated carbocycles. The first-order valence-electron chi connectivity index (χ1n) is 13.2. The highest BCUT2D eigenvalue weighted by molar-refractivity contribution is 6.01. The number of aromatic nitrogens is 3. The van der Waals surface area contributed by atoms with E-state index in [1.165, 1.54) is 12.4 Å². The van der Waals surface area contributed by atoms with E-state index in [1.807, 2.05) is 42.5 Å². The summed E-state index contributed by atoms with van der Waals surface area (Å²) in [4.78, 5) is 27.5. The molecule has 0 aliphatic carbocycles. The Bertz CT molecular complexity index is 1440. The van der Waals surface area contributed by atoms with Crippen LogP contribution in [0.25, 0.3) is 17.0 Å². The number of nitrogens with one attached hydrogen (secondary N) is 2. The van der Waals surface area contributed by atoms with E-state index in [2.05, 4.69) is 30.5 Å². The monoisotopic (exact) mass is 540 g/mol. The molecule has 5 rings (SSSR count). The van der Waals surface area contributed by atoms with E-state index in [4.69, 9.17) is 14.2 Å². The van der Waals surface area contributed by atoms with E-state index in [1.54, 1.807) is 31.5 Å². The first-order valence-corrected chi connectivity index (χ1v) is 13.2.